The minimum atomic E-state index is -0.772. The van der Waals surface area contributed by atoms with E-state index in [0.717, 1.165) is 18.2 Å². The number of nitrogens with one attached hydrogen (secondary N) is 1. The fourth-order valence-corrected chi connectivity index (χ4v) is 1.08. The molecular formula is C9H9FN2O4. The maximum absolute atomic E-state index is 12.8. The molecule has 1 rings (SSSR count). The number of nitro groups is 1. The molecule has 0 atom stereocenters. The van der Waals surface area contributed by atoms with E-state index in [1.54, 1.807) is 0 Å². The van der Waals surface area contributed by atoms with Crippen molar-refractivity contribution in [1.82, 2.24) is 0 Å². The molecule has 0 fully saturated rings. The molecule has 0 heterocycles. The SMILES string of the molecule is COCC(=O)Nc1ccc(F)cc1[N+](=O)[O-]. The van der Waals surface area contributed by atoms with Crippen LogP contribution in [0, 0.1) is 15.9 Å². The molecule has 1 amide bonds. The van der Waals surface area contributed by atoms with Crippen LogP contribution in [0.5, 0.6) is 0 Å². The van der Waals surface area contributed by atoms with Crippen LogP contribution in [0.25, 0.3) is 0 Å². The topological polar surface area (TPSA) is 81.5 Å². The van der Waals surface area contributed by atoms with Gasteiger partial charge < -0.3 is 10.1 Å². The summed E-state index contributed by atoms with van der Waals surface area (Å²) in [7, 11) is 1.32. The van der Waals surface area contributed by atoms with Crippen molar-refractivity contribution in [1.29, 1.82) is 0 Å². The normalized spacial score (nSPS) is 9.88. The fraction of sp³-hybridized carbons (Fsp3) is 0.222. The standard InChI is InChI=1S/C9H9FN2O4/c1-16-5-9(13)11-7-3-2-6(10)4-8(7)12(14)15/h2-4H,5H2,1H3,(H,11,13). The van der Waals surface area contributed by atoms with Gasteiger partial charge in [0.15, 0.2) is 0 Å². The highest BCUT2D eigenvalue weighted by molar-refractivity contribution is 5.93. The van der Waals surface area contributed by atoms with Crippen molar-refractivity contribution in [3.63, 3.8) is 0 Å². The predicted octanol–water partition coefficient (Wildman–Crippen LogP) is 1.32. The van der Waals surface area contributed by atoms with Crippen LogP contribution in [0.4, 0.5) is 15.8 Å². The monoisotopic (exact) mass is 228 g/mol. The molecule has 1 N–H and O–H groups in total. The summed E-state index contributed by atoms with van der Waals surface area (Å²) in [6.45, 7) is -0.228. The first kappa shape index (κ1) is 12.1. The van der Waals surface area contributed by atoms with Crippen molar-refractivity contribution in [2.75, 3.05) is 19.0 Å². The Bertz CT molecular complexity index is 422. The van der Waals surface area contributed by atoms with E-state index in [0.29, 0.717) is 0 Å². The Hall–Kier alpha value is -2.02. The minimum Gasteiger partial charge on any atom is -0.375 e. The van der Waals surface area contributed by atoms with E-state index in [4.69, 9.17) is 0 Å². The third-order valence-electron chi connectivity index (χ3n) is 1.71. The zero-order chi connectivity index (χ0) is 12.1. The minimum absolute atomic E-state index is 0.0616. The molecule has 0 radical (unpaired) electrons. The van der Waals surface area contributed by atoms with Crippen molar-refractivity contribution < 1.29 is 18.8 Å². The summed E-state index contributed by atoms with van der Waals surface area (Å²) >= 11 is 0. The van der Waals surface area contributed by atoms with E-state index in [2.05, 4.69) is 10.1 Å². The lowest BCUT2D eigenvalue weighted by atomic mass is 10.2. The van der Waals surface area contributed by atoms with E-state index in [-0.39, 0.29) is 12.3 Å². The summed E-state index contributed by atoms with van der Waals surface area (Å²) in [5.74, 6) is -1.28. The lowest BCUT2D eigenvalue weighted by Gasteiger charge is -2.04. The molecule has 0 unspecified atom stereocenters. The second kappa shape index (κ2) is 5.17. The molecule has 0 spiro atoms. The molecule has 0 saturated carbocycles. The first-order valence-corrected chi connectivity index (χ1v) is 4.27. The van der Waals surface area contributed by atoms with Crippen molar-refractivity contribution in [2.45, 2.75) is 0 Å². The van der Waals surface area contributed by atoms with Gasteiger partial charge in [-0.15, -0.1) is 0 Å². The number of benzene rings is 1. The number of amides is 1. The van der Waals surface area contributed by atoms with Crippen LogP contribution in [-0.2, 0) is 9.53 Å². The predicted molar refractivity (Wildman–Crippen MR) is 53.6 cm³/mol. The van der Waals surface area contributed by atoms with Gasteiger partial charge in [0, 0.05) is 7.11 Å². The Labute approximate surface area is 90.2 Å². The Kier molecular flexibility index (Phi) is 3.90. The zero-order valence-electron chi connectivity index (χ0n) is 8.40. The van der Waals surface area contributed by atoms with Gasteiger partial charge in [-0.3, -0.25) is 14.9 Å². The maximum atomic E-state index is 12.8. The highest BCUT2D eigenvalue weighted by Gasteiger charge is 2.16. The number of rotatable bonds is 4. The van der Waals surface area contributed by atoms with Crippen molar-refractivity contribution >= 4 is 17.3 Å². The Morgan fingerprint density at radius 2 is 2.31 bits per heavy atom. The van der Waals surface area contributed by atoms with Crippen molar-refractivity contribution in [3.05, 3.63) is 34.1 Å². The van der Waals surface area contributed by atoms with Gasteiger partial charge in [-0.05, 0) is 12.1 Å². The number of hydrogen-bond donors (Lipinski definition) is 1. The van der Waals surface area contributed by atoms with Crippen LogP contribution in [0.3, 0.4) is 0 Å². The summed E-state index contributed by atoms with van der Waals surface area (Å²) in [5, 5.41) is 12.8. The second-order valence-electron chi connectivity index (χ2n) is 2.90. The average Bonchev–Trinajstić information content (AvgIpc) is 2.20. The van der Waals surface area contributed by atoms with Gasteiger partial charge in [-0.1, -0.05) is 0 Å². The molecule has 0 aliphatic rings. The van der Waals surface area contributed by atoms with Gasteiger partial charge in [-0.25, -0.2) is 4.39 Å². The summed E-state index contributed by atoms with van der Waals surface area (Å²) in [6.07, 6.45) is 0. The Balaban J connectivity index is 2.95. The molecule has 6 nitrogen and oxygen atoms in total. The number of methoxy groups -OCH3 is 1. The molecule has 0 bridgehead atoms. The summed E-state index contributed by atoms with van der Waals surface area (Å²) in [5.41, 5.74) is -0.557. The van der Waals surface area contributed by atoms with Crippen LogP contribution in [0.2, 0.25) is 0 Å². The van der Waals surface area contributed by atoms with Crippen LogP contribution < -0.4 is 5.32 Å². The van der Waals surface area contributed by atoms with Crippen molar-refractivity contribution in [3.8, 4) is 0 Å². The van der Waals surface area contributed by atoms with Gasteiger partial charge in [0.25, 0.3) is 11.6 Å². The van der Waals surface area contributed by atoms with E-state index in [9.17, 15) is 19.3 Å². The fourth-order valence-electron chi connectivity index (χ4n) is 1.08. The quantitative estimate of drug-likeness (QED) is 0.622. The summed E-state index contributed by atoms with van der Waals surface area (Å²) in [4.78, 5) is 20.9. The molecule has 0 aliphatic carbocycles. The van der Waals surface area contributed by atoms with E-state index in [1.807, 2.05) is 0 Å². The van der Waals surface area contributed by atoms with Crippen LogP contribution in [0.15, 0.2) is 18.2 Å². The number of nitrogens with zero attached hydrogens (tertiary/aromatic N) is 1. The molecule has 1 aromatic carbocycles. The number of carbonyl (C=O) groups is 1. The summed E-state index contributed by atoms with van der Waals surface area (Å²) < 4.78 is 17.3. The smallest absolute Gasteiger partial charge is 0.295 e. The summed E-state index contributed by atoms with van der Waals surface area (Å²) in [6, 6.07) is 2.89. The molecule has 86 valence electrons. The third-order valence-corrected chi connectivity index (χ3v) is 1.71. The van der Waals surface area contributed by atoms with E-state index in [1.165, 1.54) is 7.11 Å². The van der Waals surface area contributed by atoms with E-state index < -0.39 is 22.3 Å². The van der Waals surface area contributed by atoms with Gasteiger partial charge >= 0.3 is 0 Å². The molecule has 0 saturated heterocycles. The van der Waals surface area contributed by atoms with Gasteiger partial charge in [0.2, 0.25) is 0 Å². The second-order valence-corrected chi connectivity index (χ2v) is 2.90. The van der Waals surface area contributed by atoms with Crippen molar-refractivity contribution in [2.24, 2.45) is 0 Å². The van der Waals surface area contributed by atoms with Gasteiger partial charge in [-0.2, -0.15) is 0 Å². The number of hydrogen-bond acceptors (Lipinski definition) is 4. The molecule has 1 aromatic rings. The lowest BCUT2D eigenvalue weighted by molar-refractivity contribution is -0.384. The van der Waals surface area contributed by atoms with Gasteiger partial charge in [0.05, 0.1) is 11.0 Å². The number of ether oxygens (including phenoxy) is 1. The average molecular weight is 228 g/mol. The Morgan fingerprint density at radius 1 is 1.62 bits per heavy atom. The number of anilines is 1. The maximum Gasteiger partial charge on any atom is 0.295 e. The Morgan fingerprint density at radius 3 is 2.88 bits per heavy atom. The molecule has 7 heteroatoms. The molecule has 0 aliphatic heterocycles. The lowest BCUT2D eigenvalue weighted by Crippen LogP contribution is -2.17. The zero-order valence-corrected chi connectivity index (χ0v) is 8.40. The first-order valence-electron chi connectivity index (χ1n) is 4.27. The first-order chi connectivity index (χ1) is 7.54. The van der Waals surface area contributed by atoms with E-state index >= 15 is 0 Å². The molecule has 0 aromatic heterocycles. The number of halogens is 1. The molecular weight excluding hydrogens is 219 g/mol. The number of carbonyl (C=O) groups excluding carboxylic acids is 1. The van der Waals surface area contributed by atoms with Gasteiger partial charge in [0.1, 0.15) is 18.1 Å². The van der Waals surface area contributed by atoms with Crippen LogP contribution in [0.1, 0.15) is 0 Å². The molecule has 16 heavy (non-hydrogen) atoms. The largest absolute Gasteiger partial charge is 0.375 e. The van der Waals surface area contributed by atoms with Crippen LogP contribution >= 0.6 is 0 Å². The highest BCUT2D eigenvalue weighted by atomic mass is 19.1. The third kappa shape index (κ3) is 2.99. The number of nitro benzene ring substituents is 1. The van der Waals surface area contributed by atoms with Crippen LogP contribution in [-0.4, -0.2) is 24.5 Å². The highest BCUT2D eigenvalue weighted by Crippen LogP contribution is 2.24.